The molecule has 0 N–H and O–H groups in total. The van der Waals surface area contributed by atoms with Crippen LogP contribution in [0.15, 0.2) is 42.5 Å². The van der Waals surface area contributed by atoms with Crippen molar-refractivity contribution >= 4 is 6.16 Å². The third-order valence-electron chi connectivity index (χ3n) is 4.04. The Balaban J connectivity index is 1.91. The van der Waals surface area contributed by atoms with E-state index in [-0.39, 0.29) is 0 Å². The zero-order valence-electron chi connectivity index (χ0n) is 15.6. The molecule has 0 bridgehead atoms. The topological polar surface area (TPSA) is 54.0 Å². The molecule has 5 heteroatoms. The Kier molecular flexibility index (Phi) is 5.07. The molecule has 2 aromatic carbocycles. The maximum Gasteiger partial charge on any atom is 0.509 e. The summed E-state index contributed by atoms with van der Waals surface area (Å²) in [7, 11) is 1.62. The van der Waals surface area contributed by atoms with Gasteiger partial charge in [0.2, 0.25) is 0 Å². The summed E-state index contributed by atoms with van der Waals surface area (Å²) in [6.45, 7) is 6.11. The lowest BCUT2D eigenvalue weighted by molar-refractivity contribution is -0.0201. The van der Waals surface area contributed by atoms with E-state index in [2.05, 4.69) is 0 Å². The summed E-state index contributed by atoms with van der Waals surface area (Å²) < 4.78 is 21.8. The minimum absolute atomic E-state index is 0.568. The van der Waals surface area contributed by atoms with Gasteiger partial charge in [-0.3, -0.25) is 0 Å². The van der Waals surface area contributed by atoms with Gasteiger partial charge in [-0.2, -0.15) is 0 Å². The molecular weight excluding hydrogens is 332 g/mol. The van der Waals surface area contributed by atoms with Crippen LogP contribution in [-0.4, -0.2) is 25.5 Å². The molecule has 0 aromatic heterocycles. The molecule has 1 atom stereocenters. The predicted molar refractivity (Wildman–Crippen MR) is 97.8 cm³/mol. The van der Waals surface area contributed by atoms with Crippen LogP contribution in [0, 0.1) is 0 Å². The SMILES string of the molecule is COc1ccc(C(OC(=O)OC(C)(C)C)c2ccc3c(c2)CCO3)cc1. The second-order valence-corrected chi connectivity index (χ2v) is 7.20. The van der Waals surface area contributed by atoms with Gasteiger partial charge in [0.25, 0.3) is 0 Å². The van der Waals surface area contributed by atoms with Gasteiger partial charge in [-0.05, 0) is 61.7 Å². The van der Waals surface area contributed by atoms with Gasteiger partial charge < -0.3 is 18.9 Å². The van der Waals surface area contributed by atoms with E-state index in [1.54, 1.807) is 7.11 Å². The van der Waals surface area contributed by atoms with Crippen LogP contribution in [0.4, 0.5) is 4.79 Å². The molecule has 0 radical (unpaired) electrons. The largest absolute Gasteiger partial charge is 0.509 e. The summed E-state index contributed by atoms with van der Waals surface area (Å²) >= 11 is 0. The van der Waals surface area contributed by atoms with Crippen molar-refractivity contribution in [2.75, 3.05) is 13.7 Å². The highest BCUT2D eigenvalue weighted by Gasteiger charge is 2.25. The van der Waals surface area contributed by atoms with E-state index in [1.807, 2.05) is 63.2 Å². The summed E-state index contributed by atoms with van der Waals surface area (Å²) in [6.07, 6.45) is -0.415. The third kappa shape index (κ3) is 4.28. The van der Waals surface area contributed by atoms with Crippen molar-refractivity contribution in [2.45, 2.75) is 38.9 Å². The van der Waals surface area contributed by atoms with E-state index < -0.39 is 17.9 Å². The van der Waals surface area contributed by atoms with Gasteiger partial charge >= 0.3 is 6.16 Å². The van der Waals surface area contributed by atoms with Crippen molar-refractivity contribution in [3.8, 4) is 11.5 Å². The molecule has 0 saturated carbocycles. The lowest BCUT2D eigenvalue weighted by Crippen LogP contribution is -2.25. The standard InChI is InChI=1S/C21H24O5/c1-21(2,3)26-20(22)25-19(14-5-8-17(23-4)9-6-14)16-7-10-18-15(13-16)11-12-24-18/h5-10,13,19H,11-12H2,1-4H3. The molecule has 1 aliphatic rings. The summed E-state index contributed by atoms with van der Waals surface area (Å²) in [5.41, 5.74) is 2.22. The molecule has 1 aliphatic heterocycles. The van der Waals surface area contributed by atoms with Crippen molar-refractivity contribution in [1.29, 1.82) is 0 Å². The van der Waals surface area contributed by atoms with Crippen LogP contribution in [0.3, 0.4) is 0 Å². The number of benzene rings is 2. The third-order valence-corrected chi connectivity index (χ3v) is 4.04. The van der Waals surface area contributed by atoms with E-state index in [0.29, 0.717) is 6.61 Å². The fourth-order valence-corrected chi connectivity index (χ4v) is 2.85. The molecule has 26 heavy (non-hydrogen) atoms. The smallest absolute Gasteiger partial charge is 0.497 e. The van der Waals surface area contributed by atoms with E-state index in [4.69, 9.17) is 18.9 Å². The molecule has 3 rings (SSSR count). The van der Waals surface area contributed by atoms with Gasteiger partial charge in [-0.15, -0.1) is 0 Å². The highest BCUT2D eigenvalue weighted by atomic mass is 16.7. The second kappa shape index (κ2) is 7.28. The van der Waals surface area contributed by atoms with E-state index >= 15 is 0 Å². The molecule has 1 heterocycles. The highest BCUT2D eigenvalue weighted by molar-refractivity contribution is 5.62. The first-order valence-corrected chi connectivity index (χ1v) is 8.65. The summed E-state index contributed by atoms with van der Waals surface area (Å²) in [5.74, 6) is 1.63. The zero-order chi connectivity index (χ0) is 18.7. The highest BCUT2D eigenvalue weighted by Crippen LogP contribution is 2.33. The number of rotatable bonds is 4. The summed E-state index contributed by atoms with van der Waals surface area (Å²) in [5, 5.41) is 0. The maximum absolute atomic E-state index is 12.3. The van der Waals surface area contributed by atoms with Gasteiger partial charge in [0.1, 0.15) is 17.1 Å². The molecule has 0 amide bonds. The monoisotopic (exact) mass is 356 g/mol. The van der Waals surface area contributed by atoms with Crippen molar-refractivity contribution in [3.63, 3.8) is 0 Å². The van der Waals surface area contributed by atoms with Crippen molar-refractivity contribution in [1.82, 2.24) is 0 Å². The van der Waals surface area contributed by atoms with Crippen molar-refractivity contribution in [3.05, 3.63) is 59.2 Å². The Morgan fingerprint density at radius 2 is 1.77 bits per heavy atom. The lowest BCUT2D eigenvalue weighted by atomic mass is 9.98. The van der Waals surface area contributed by atoms with Crippen molar-refractivity contribution in [2.24, 2.45) is 0 Å². The average molecular weight is 356 g/mol. The van der Waals surface area contributed by atoms with Gasteiger partial charge in [-0.25, -0.2) is 4.79 Å². The molecule has 5 nitrogen and oxygen atoms in total. The van der Waals surface area contributed by atoms with E-state index in [1.165, 1.54) is 0 Å². The van der Waals surface area contributed by atoms with Crippen LogP contribution in [0.1, 0.15) is 43.6 Å². The van der Waals surface area contributed by atoms with Crippen molar-refractivity contribution < 1.29 is 23.7 Å². The second-order valence-electron chi connectivity index (χ2n) is 7.20. The number of fused-ring (bicyclic) bond motifs is 1. The number of ether oxygens (including phenoxy) is 4. The minimum atomic E-state index is -0.699. The zero-order valence-corrected chi connectivity index (χ0v) is 15.6. The normalized spacial score (nSPS) is 14.2. The van der Waals surface area contributed by atoms with Gasteiger partial charge in [0.05, 0.1) is 13.7 Å². The molecule has 2 aromatic rings. The Morgan fingerprint density at radius 1 is 1.08 bits per heavy atom. The summed E-state index contributed by atoms with van der Waals surface area (Å²) in [6, 6.07) is 13.3. The summed E-state index contributed by atoms with van der Waals surface area (Å²) in [4.78, 5) is 12.3. The number of hydrogen-bond acceptors (Lipinski definition) is 5. The van der Waals surface area contributed by atoms with Gasteiger partial charge in [0, 0.05) is 6.42 Å². The Bertz CT molecular complexity index is 774. The van der Waals surface area contributed by atoms with E-state index in [0.717, 1.165) is 34.6 Å². The molecule has 138 valence electrons. The van der Waals surface area contributed by atoms with E-state index in [9.17, 15) is 4.79 Å². The number of hydrogen-bond donors (Lipinski definition) is 0. The quantitative estimate of drug-likeness (QED) is 0.745. The molecule has 0 fully saturated rings. The number of carbonyl (C=O) groups excluding carboxylic acids is 1. The molecule has 0 aliphatic carbocycles. The molecule has 0 spiro atoms. The minimum Gasteiger partial charge on any atom is -0.497 e. The van der Waals surface area contributed by atoms with Gasteiger partial charge in [-0.1, -0.05) is 18.2 Å². The Morgan fingerprint density at radius 3 is 2.42 bits per heavy atom. The fraction of sp³-hybridized carbons (Fsp3) is 0.381. The van der Waals surface area contributed by atoms with Crippen LogP contribution in [0.25, 0.3) is 0 Å². The lowest BCUT2D eigenvalue weighted by Gasteiger charge is -2.23. The first-order valence-electron chi connectivity index (χ1n) is 8.65. The molecule has 1 unspecified atom stereocenters. The Labute approximate surface area is 153 Å². The average Bonchev–Trinajstić information content (AvgIpc) is 3.06. The molecule has 0 saturated heterocycles. The number of carbonyl (C=O) groups is 1. The van der Waals surface area contributed by atoms with Crippen LogP contribution in [0.2, 0.25) is 0 Å². The predicted octanol–water partition coefficient (Wildman–Crippen LogP) is 4.67. The maximum atomic E-state index is 12.3. The van der Waals surface area contributed by atoms with Crippen LogP contribution < -0.4 is 9.47 Å². The Hall–Kier alpha value is -2.69. The van der Waals surface area contributed by atoms with Gasteiger partial charge in [0.15, 0.2) is 6.10 Å². The van der Waals surface area contributed by atoms with Crippen LogP contribution in [-0.2, 0) is 15.9 Å². The van der Waals surface area contributed by atoms with Crippen LogP contribution >= 0.6 is 0 Å². The fourth-order valence-electron chi connectivity index (χ4n) is 2.85. The molecular formula is C21H24O5. The first kappa shape index (κ1) is 18.1. The van der Waals surface area contributed by atoms with Crippen LogP contribution in [0.5, 0.6) is 11.5 Å². The first-order chi connectivity index (χ1) is 12.4. The number of methoxy groups -OCH3 is 1.